The van der Waals surface area contributed by atoms with Gasteiger partial charge in [0.2, 0.25) is 10.0 Å². The molecule has 1 saturated heterocycles. The molecule has 0 aromatic heterocycles. The number of halogens is 1. The van der Waals surface area contributed by atoms with Crippen molar-refractivity contribution < 1.29 is 8.42 Å². The Morgan fingerprint density at radius 1 is 1.44 bits per heavy atom. The minimum Gasteiger partial charge on any atom is -0.328 e. The van der Waals surface area contributed by atoms with E-state index in [0.717, 1.165) is 0 Å². The number of piperidine rings is 1. The average Bonchev–Trinajstić information content (AvgIpc) is 2.28. The SMILES string of the molecule is CC1CC(N)CCN1S(=O)(=O)c1cccc(Cl)c1. The molecular formula is C12H17ClN2O2S. The maximum Gasteiger partial charge on any atom is 0.243 e. The van der Waals surface area contributed by atoms with Crippen LogP contribution in [0, 0.1) is 0 Å². The predicted octanol–water partition coefficient (Wildman–Crippen LogP) is 1.84. The van der Waals surface area contributed by atoms with Gasteiger partial charge in [0.05, 0.1) is 4.90 Å². The van der Waals surface area contributed by atoms with E-state index in [2.05, 4.69) is 0 Å². The van der Waals surface area contributed by atoms with Crippen molar-refractivity contribution in [1.82, 2.24) is 4.31 Å². The van der Waals surface area contributed by atoms with Gasteiger partial charge in [0.25, 0.3) is 0 Å². The molecular weight excluding hydrogens is 272 g/mol. The fourth-order valence-electron chi connectivity index (χ4n) is 2.31. The summed E-state index contributed by atoms with van der Waals surface area (Å²) in [5, 5.41) is 0.428. The molecule has 100 valence electrons. The maximum atomic E-state index is 12.5. The maximum absolute atomic E-state index is 12.5. The molecule has 1 heterocycles. The highest BCUT2D eigenvalue weighted by Crippen LogP contribution is 2.26. The van der Waals surface area contributed by atoms with Crippen LogP contribution in [0.5, 0.6) is 0 Å². The fraction of sp³-hybridized carbons (Fsp3) is 0.500. The Bertz CT molecular complexity index is 533. The van der Waals surface area contributed by atoms with Crippen molar-refractivity contribution >= 4 is 21.6 Å². The Hall–Kier alpha value is -0.620. The van der Waals surface area contributed by atoms with Crippen LogP contribution in [-0.2, 0) is 10.0 Å². The molecule has 6 heteroatoms. The summed E-state index contributed by atoms with van der Waals surface area (Å²) in [5.74, 6) is 0. The van der Waals surface area contributed by atoms with E-state index in [4.69, 9.17) is 17.3 Å². The van der Waals surface area contributed by atoms with Gasteiger partial charge in [-0.3, -0.25) is 0 Å². The monoisotopic (exact) mass is 288 g/mol. The molecule has 1 fully saturated rings. The lowest BCUT2D eigenvalue weighted by Gasteiger charge is -2.35. The van der Waals surface area contributed by atoms with Crippen molar-refractivity contribution in [3.63, 3.8) is 0 Å². The second-order valence-corrected chi connectivity index (χ2v) is 7.03. The number of sulfonamides is 1. The summed E-state index contributed by atoms with van der Waals surface area (Å²) >= 11 is 5.85. The quantitative estimate of drug-likeness (QED) is 0.903. The van der Waals surface area contributed by atoms with Crippen LogP contribution in [0.15, 0.2) is 29.2 Å². The van der Waals surface area contributed by atoms with Gasteiger partial charge < -0.3 is 5.73 Å². The average molecular weight is 289 g/mol. The summed E-state index contributed by atoms with van der Waals surface area (Å²) in [7, 11) is -3.46. The second-order valence-electron chi connectivity index (χ2n) is 4.71. The molecule has 1 aliphatic heterocycles. The zero-order valence-electron chi connectivity index (χ0n) is 10.2. The molecule has 0 bridgehead atoms. The number of nitrogens with zero attached hydrogens (tertiary/aromatic N) is 1. The standard InChI is InChI=1S/C12H17ClN2O2S/c1-9-7-11(14)5-6-15(9)18(16,17)12-4-2-3-10(13)8-12/h2-4,8-9,11H,5-7,14H2,1H3. The minimum absolute atomic E-state index is 0.0715. The van der Waals surface area contributed by atoms with E-state index in [0.29, 0.717) is 24.4 Å². The summed E-state index contributed by atoms with van der Waals surface area (Å²) in [6.07, 6.45) is 1.39. The zero-order chi connectivity index (χ0) is 13.3. The van der Waals surface area contributed by atoms with Crippen molar-refractivity contribution in [2.24, 2.45) is 5.73 Å². The smallest absolute Gasteiger partial charge is 0.243 e. The number of hydrogen-bond donors (Lipinski definition) is 1. The van der Waals surface area contributed by atoms with Gasteiger partial charge in [0, 0.05) is 23.7 Å². The van der Waals surface area contributed by atoms with Crippen molar-refractivity contribution in [1.29, 1.82) is 0 Å². The van der Waals surface area contributed by atoms with Crippen LogP contribution in [-0.4, -0.2) is 31.4 Å². The lowest BCUT2D eigenvalue weighted by Crippen LogP contribution is -2.48. The molecule has 2 N–H and O–H groups in total. The highest BCUT2D eigenvalue weighted by molar-refractivity contribution is 7.89. The summed E-state index contributed by atoms with van der Waals surface area (Å²) in [5.41, 5.74) is 5.85. The molecule has 1 aliphatic rings. The molecule has 2 rings (SSSR count). The number of benzene rings is 1. The van der Waals surface area contributed by atoms with Gasteiger partial charge >= 0.3 is 0 Å². The second kappa shape index (κ2) is 5.17. The minimum atomic E-state index is -3.46. The first kappa shape index (κ1) is 13.8. The summed E-state index contributed by atoms with van der Waals surface area (Å²) in [4.78, 5) is 0.248. The summed E-state index contributed by atoms with van der Waals surface area (Å²) in [6, 6.07) is 6.38. The van der Waals surface area contributed by atoms with Gasteiger partial charge in [-0.1, -0.05) is 17.7 Å². The Kier molecular flexibility index (Phi) is 3.96. The molecule has 0 radical (unpaired) electrons. The molecule has 1 aromatic rings. The molecule has 1 aromatic carbocycles. The zero-order valence-corrected chi connectivity index (χ0v) is 11.8. The summed E-state index contributed by atoms with van der Waals surface area (Å²) in [6.45, 7) is 2.36. The van der Waals surface area contributed by atoms with Crippen LogP contribution in [0.1, 0.15) is 19.8 Å². The Balaban J connectivity index is 2.31. The highest BCUT2D eigenvalue weighted by Gasteiger charge is 2.33. The van der Waals surface area contributed by atoms with E-state index in [9.17, 15) is 8.42 Å². The Morgan fingerprint density at radius 3 is 2.78 bits per heavy atom. The van der Waals surface area contributed by atoms with Gasteiger partial charge in [-0.05, 0) is 38.0 Å². The van der Waals surface area contributed by atoms with E-state index in [1.54, 1.807) is 18.2 Å². The van der Waals surface area contributed by atoms with Crippen LogP contribution in [0.4, 0.5) is 0 Å². The molecule has 0 saturated carbocycles. The topological polar surface area (TPSA) is 63.4 Å². The van der Waals surface area contributed by atoms with E-state index in [1.165, 1.54) is 10.4 Å². The first-order valence-electron chi connectivity index (χ1n) is 5.94. The first-order chi connectivity index (χ1) is 8.41. The number of rotatable bonds is 2. The van der Waals surface area contributed by atoms with Crippen LogP contribution in [0.3, 0.4) is 0 Å². The number of nitrogens with two attached hydrogens (primary N) is 1. The van der Waals surface area contributed by atoms with Crippen LogP contribution >= 0.6 is 11.6 Å². The molecule has 2 atom stereocenters. The molecule has 0 amide bonds. The van der Waals surface area contributed by atoms with Gasteiger partial charge in [-0.15, -0.1) is 0 Å². The third-order valence-electron chi connectivity index (χ3n) is 3.26. The lowest BCUT2D eigenvalue weighted by molar-refractivity contribution is 0.247. The van der Waals surface area contributed by atoms with Gasteiger partial charge in [-0.2, -0.15) is 4.31 Å². The van der Waals surface area contributed by atoms with Gasteiger partial charge in [0.1, 0.15) is 0 Å². The lowest BCUT2D eigenvalue weighted by atomic mass is 10.0. The fourth-order valence-corrected chi connectivity index (χ4v) is 4.26. The van der Waals surface area contributed by atoms with Crippen molar-refractivity contribution in [3.05, 3.63) is 29.3 Å². The largest absolute Gasteiger partial charge is 0.328 e. The number of hydrogen-bond acceptors (Lipinski definition) is 3. The molecule has 4 nitrogen and oxygen atoms in total. The Labute approximate surface area is 113 Å². The van der Waals surface area contributed by atoms with Crippen molar-refractivity contribution in [2.75, 3.05) is 6.54 Å². The van der Waals surface area contributed by atoms with E-state index < -0.39 is 10.0 Å². The van der Waals surface area contributed by atoms with E-state index in [1.807, 2.05) is 6.92 Å². The van der Waals surface area contributed by atoms with Gasteiger partial charge in [-0.25, -0.2) is 8.42 Å². The highest BCUT2D eigenvalue weighted by atomic mass is 35.5. The van der Waals surface area contributed by atoms with Crippen molar-refractivity contribution in [2.45, 2.75) is 36.7 Å². The molecule has 0 aliphatic carbocycles. The van der Waals surface area contributed by atoms with E-state index >= 15 is 0 Å². The van der Waals surface area contributed by atoms with Crippen LogP contribution in [0.25, 0.3) is 0 Å². The third kappa shape index (κ3) is 2.69. The molecule has 2 unspecified atom stereocenters. The normalized spacial score (nSPS) is 26.2. The summed E-state index contributed by atoms with van der Waals surface area (Å²) < 4.78 is 26.5. The van der Waals surface area contributed by atoms with Crippen LogP contribution < -0.4 is 5.73 Å². The van der Waals surface area contributed by atoms with Crippen LogP contribution in [0.2, 0.25) is 5.02 Å². The van der Waals surface area contributed by atoms with Crippen molar-refractivity contribution in [3.8, 4) is 0 Å². The predicted molar refractivity (Wildman–Crippen MR) is 72.0 cm³/mol. The molecule has 0 spiro atoms. The third-order valence-corrected chi connectivity index (χ3v) is 5.50. The Morgan fingerprint density at radius 2 is 2.17 bits per heavy atom. The molecule has 18 heavy (non-hydrogen) atoms. The van der Waals surface area contributed by atoms with Gasteiger partial charge in [0.15, 0.2) is 0 Å². The first-order valence-corrected chi connectivity index (χ1v) is 7.76. The van der Waals surface area contributed by atoms with E-state index in [-0.39, 0.29) is 17.0 Å².